The van der Waals surface area contributed by atoms with Gasteiger partial charge in [0.25, 0.3) is 5.91 Å². The maximum Gasteiger partial charge on any atom is 0.293 e. The summed E-state index contributed by atoms with van der Waals surface area (Å²) in [7, 11) is 0. The zero-order valence-electron chi connectivity index (χ0n) is 10.4. The second-order valence-corrected chi connectivity index (χ2v) is 4.13. The van der Waals surface area contributed by atoms with E-state index in [9.17, 15) is 4.79 Å². The number of hydrogen-bond acceptors (Lipinski definition) is 5. The van der Waals surface area contributed by atoms with Gasteiger partial charge < -0.3 is 9.73 Å². The molecule has 3 aromatic rings. The van der Waals surface area contributed by atoms with Crippen molar-refractivity contribution in [3.05, 3.63) is 35.5 Å². The van der Waals surface area contributed by atoms with Gasteiger partial charge in [-0.25, -0.2) is 4.98 Å². The smallest absolute Gasteiger partial charge is 0.293 e. The largest absolute Gasteiger partial charge is 0.436 e. The van der Waals surface area contributed by atoms with Crippen LogP contribution in [0.3, 0.4) is 0 Å². The quantitative estimate of drug-likeness (QED) is 0.729. The Kier molecular flexibility index (Phi) is 2.52. The van der Waals surface area contributed by atoms with E-state index in [0.29, 0.717) is 22.8 Å². The molecule has 1 aromatic carbocycles. The van der Waals surface area contributed by atoms with Gasteiger partial charge in [0.2, 0.25) is 5.76 Å². The van der Waals surface area contributed by atoms with Crippen LogP contribution in [0.1, 0.15) is 22.1 Å². The van der Waals surface area contributed by atoms with Gasteiger partial charge in [-0.3, -0.25) is 4.79 Å². The van der Waals surface area contributed by atoms with Crippen molar-refractivity contribution in [1.82, 2.24) is 20.4 Å². The zero-order valence-corrected chi connectivity index (χ0v) is 10.4. The summed E-state index contributed by atoms with van der Waals surface area (Å²) in [5.41, 5.74) is 2.62. The normalized spacial score (nSPS) is 10.8. The first-order chi connectivity index (χ1) is 9.13. The summed E-state index contributed by atoms with van der Waals surface area (Å²) in [6.45, 7) is 3.43. The van der Waals surface area contributed by atoms with Gasteiger partial charge in [0.1, 0.15) is 11.0 Å². The molecule has 0 atom stereocenters. The van der Waals surface area contributed by atoms with Crippen LogP contribution in [-0.2, 0) is 0 Å². The van der Waals surface area contributed by atoms with Crippen molar-refractivity contribution in [2.45, 2.75) is 13.8 Å². The first-order valence-electron chi connectivity index (χ1n) is 5.69. The summed E-state index contributed by atoms with van der Waals surface area (Å²) in [4.78, 5) is 16.1. The van der Waals surface area contributed by atoms with Gasteiger partial charge >= 0.3 is 0 Å². The van der Waals surface area contributed by atoms with Crippen molar-refractivity contribution in [3.63, 3.8) is 0 Å². The van der Waals surface area contributed by atoms with Crippen molar-refractivity contribution in [1.29, 1.82) is 0 Å². The molecule has 0 spiro atoms. The lowest BCUT2D eigenvalue weighted by molar-refractivity contribution is 0.0994. The minimum atomic E-state index is -0.332. The third kappa shape index (κ3) is 2.05. The molecule has 0 bridgehead atoms. The molecular formula is C12H11N5O2. The van der Waals surface area contributed by atoms with Crippen LogP contribution in [0.2, 0.25) is 0 Å². The Morgan fingerprint density at radius 1 is 1.26 bits per heavy atom. The first-order valence-corrected chi connectivity index (χ1v) is 5.69. The minimum Gasteiger partial charge on any atom is -0.436 e. The van der Waals surface area contributed by atoms with Crippen LogP contribution >= 0.6 is 0 Å². The van der Waals surface area contributed by atoms with E-state index in [1.54, 1.807) is 32.0 Å². The fourth-order valence-electron chi connectivity index (χ4n) is 1.85. The van der Waals surface area contributed by atoms with Crippen LogP contribution in [0.15, 0.2) is 22.6 Å². The maximum atomic E-state index is 12.0. The number of aromatic amines is 1. The molecular weight excluding hydrogens is 246 g/mol. The highest BCUT2D eigenvalue weighted by molar-refractivity contribution is 6.03. The van der Waals surface area contributed by atoms with Gasteiger partial charge in [-0.1, -0.05) is 0 Å². The zero-order chi connectivity index (χ0) is 13.4. The van der Waals surface area contributed by atoms with E-state index in [-0.39, 0.29) is 11.7 Å². The predicted octanol–water partition coefficient (Wildman–Crippen LogP) is 1.82. The number of nitrogens with one attached hydrogen (secondary N) is 2. The van der Waals surface area contributed by atoms with Crippen molar-refractivity contribution in [2.75, 3.05) is 5.32 Å². The molecule has 7 heteroatoms. The number of anilines is 1. The Morgan fingerprint density at radius 3 is 2.79 bits per heavy atom. The van der Waals surface area contributed by atoms with E-state index in [1.807, 2.05) is 0 Å². The van der Waals surface area contributed by atoms with Gasteiger partial charge in [-0.05, 0) is 25.1 Å². The fourth-order valence-corrected chi connectivity index (χ4v) is 1.85. The van der Waals surface area contributed by atoms with Crippen LogP contribution < -0.4 is 5.32 Å². The highest BCUT2D eigenvalue weighted by Crippen LogP contribution is 2.17. The molecule has 0 saturated carbocycles. The number of amides is 1. The first kappa shape index (κ1) is 11.4. The van der Waals surface area contributed by atoms with Gasteiger partial charge in [-0.15, -0.1) is 0 Å². The summed E-state index contributed by atoms with van der Waals surface area (Å²) in [6.07, 6.45) is 0. The van der Waals surface area contributed by atoms with Crippen molar-refractivity contribution < 1.29 is 9.21 Å². The lowest BCUT2D eigenvalue weighted by Gasteiger charge is -2.02. The van der Waals surface area contributed by atoms with Crippen molar-refractivity contribution in [2.24, 2.45) is 0 Å². The number of carbonyl (C=O) groups excluding carboxylic acids is 1. The van der Waals surface area contributed by atoms with E-state index in [1.165, 1.54) is 0 Å². The molecule has 7 nitrogen and oxygen atoms in total. The molecule has 3 rings (SSSR count). The fraction of sp³-hybridized carbons (Fsp3) is 0.167. The van der Waals surface area contributed by atoms with Crippen LogP contribution in [0.25, 0.3) is 11.0 Å². The van der Waals surface area contributed by atoms with E-state index in [4.69, 9.17) is 4.42 Å². The summed E-state index contributed by atoms with van der Waals surface area (Å²) in [5, 5.41) is 13.2. The monoisotopic (exact) mass is 257 g/mol. The standard InChI is InChI=1S/C12H11N5O2/c1-6-11(19-7(2)13-6)12(18)14-8-3-4-9-10(5-8)16-17-15-9/h3-5H,1-2H3,(H,14,18)(H,15,16,17). The molecule has 0 unspecified atom stereocenters. The molecule has 2 heterocycles. The lowest BCUT2D eigenvalue weighted by atomic mass is 10.2. The number of carbonyl (C=O) groups is 1. The Labute approximate surface area is 108 Å². The van der Waals surface area contributed by atoms with Crippen molar-refractivity contribution in [3.8, 4) is 0 Å². The van der Waals surface area contributed by atoms with E-state index < -0.39 is 0 Å². The summed E-state index contributed by atoms with van der Waals surface area (Å²) < 4.78 is 5.26. The van der Waals surface area contributed by atoms with E-state index in [2.05, 4.69) is 25.7 Å². The lowest BCUT2D eigenvalue weighted by Crippen LogP contribution is -2.12. The average molecular weight is 257 g/mol. The number of rotatable bonds is 2. The molecule has 96 valence electrons. The van der Waals surface area contributed by atoms with E-state index >= 15 is 0 Å². The van der Waals surface area contributed by atoms with Gasteiger partial charge in [-0.2, -0.15) is 15.4 Å². The predicted molar refractivity (Wildman–Crippen MR) is 67.8 cm³/mol. The van der Waals surface area contributed by atoms with Crippen LogP contribution in [0.5, 0.6) is 0 Å². The number of benzene rings is 1. The maximum absolute atomic E-state index is 12.0. The Bertz CT molecular complexity index is 758. The number of oxazole rings is 1. The van der Waals surface area contributed by atoms with Crippen LogP contribution in [0.4, 0.5) is 5.69 Å². The summed E-state index contributed by atoms with van der Waals surface area (Å²) >= 11 is 0. The number of H-pyrrole nitrogens is 1. The second kappa shape index (κ2) is 4.20. The van der Waals surface area contributed by atoms with Crippen molar-refractivity contribution >= 4 is 22.6 Å². The van der Waals surface area contributed by atoms with Gasteiger partial charge in [0.15, 0.2) is 5.89 Å². The molecule has 0 saturated heterocycles. The highest BCUT2D eigenvalue weighted by atomic mass is 16.4. The topological polar surface area (TPSA) is 96.7 Å². The third-order valence-electron chi connectivity index (χ3n) is 2.68. The highest BCUT2D eigenvalue weighted by Gasteiger charge is 2.16. The van der Waals surface area contributed by atoms with Crippen LogP contribution in [0, 0.1) is 13.8 Å². The summed E-state index contributed by atoms with van der Waals surface area (Å²) in [6, 6.07) is 5.25. The number of aromatic nitrogens is 4. The number of aryl methyl sites for hydroxylation is 2. The molecule has 19 heavy (non-hydrogen) atoms. The number of nitrogens with zero attached hydrogens (tertiary/aromatic N) is 3. The molecule has 0 radical (unpaired) electrons. The SMILES string of the molecule is Cc1nc(C)c(C(=O)Nc2ccc3n[nH]nc3c2)o1. The summed E-state index contributed by atoms with van der Waals surface area (Å²) in [5.74, 6) is 0.355. The Balaban J connectivity index is 1.88. The van der Waals surface area contributed by atoms with Crippen LogP contribution in [-0.4, -0.2) is 26.3 Å². The van der Waals surface area contributed by atoms with Gasteiger partial charge in [0.05, 0.1) is 5.69 Å². The third-order valence-corrected chi connectivity index (χ3v) is 2.68. The number of hydrogen-bond donors (Lipinski definition) is 2. The molecule has 0 aliphatic carbocycles. The molecule has 0 aliphatic rings. The average Bonchev–Trinajstić information content (AvgIpc) is 2.94. The Morgan fingerprint density at radius 2 is 2.05 bits per heavy atom. The molecule has 2 N–H and O–H groups in total. The second-order valence-electron chi connectivity index (χ2n) is 4.13. The minimum absolute atomic E-state index is 0.220. The molecule has 2 aromatic heterocycles. The molecule has 0 fully saturated rings. The van der Waals surface area contributed by atoms with Gasteiger partial charge in [0, 0.05) is 12.6 Å². The number of fused-ring (bicyclic) bond motifs is 1. The molecule has 0 aliphatic heterocycles. The molecule has 1 amide bonds. The Hall–Kier alpha value is -2.70. The van der Waals surface area contributed by atoms with E-state index in [0.717, 1.165) is 5.52 Å².